The van der Waals surface area contributed by atoms with Gasteiger partial charge in [-0.1, -0.05) is 18.2 Å². The normalized spacial score (nSPS) is 15.5. The van der Waals surface area contributed by atoms with Crippen molar-refractivity contribution in [3.63, 3.8) is 0 Å². The molecule has 0 fully saturated rings. The van der Waals surface area contributed by atoms with Crippen LogP contribution in [-0.2, 0) is 14.3 Å². The third kappa shape index (κ3) is 3.93. The van der Waals surface area contributed by atoms with E-state index in [1.807, 2.05) is 6.07 Å². The number of ether oxygens (including phenoxy) is 1. The Morgan fingerprint density at radius 1 is 1.16 bits per heavy atom. The van der Waals surface area contributed by atoms with E-state index in [2.05, 4.69) is 20.4 Å². The summed E-state index contributed by atoms with van der Waals surface area (Å²) in [6, 6.07) is 13.5. The fourth-order valence-corrected chi connectivity index (χ4v) is 3.32. The highest BCUT2D eigenvalue weighted by atomic mass is 16.5. The molecule has 0 saturated heterocycles. The number of carbonyl (C=O) groups excluding carboxylic acids is 3. The Morgan fingerprint density at radius 2 is 1.97 bits per heavy atom. The maximum atomic E-state index is 13.0. The van der Waals surface area contributed by atoms with Gasteiger partial charge in [0.2, 0.25) is 5.91 Å². The van der Waals surface area contributed by atoms with Crippen LogP contribution in [0.5, 0.6) is 0 Å². The summed E-state index contributed by atoms with van der Waals surface area (Å²) in [5.41, 5.74) is 2.34. The molecule has 1 aliphatic heterocycles. The van der Waals surface area contributed by atoms with E-state index in [0.29, 0.717) is 22.9 Å². The molecule has 3 aromatic rings. The van der Waals surface area contributed by atoms with E-state index in [4.69, 9.17) is 4.74 Å². The van der Waals surface area contributed by atoms with E-state index in [1.165, 1.54) is 13.2 Å². The Balaban J connectivity index is 1.53. The number of benzene rings is 2. The first-order valence-electron chi connectivity index (χ1n) is 9.46. The highest BCUT2D eigenvalue weighted by Gasteiger charge is 2.40. The minimum atomic E-state index is -1.07. The summed E-state index contributed by atoms with van der Waals surface area (Å²) in [5, 5.41) is 8.15. The average molecular weight is 417 g/mol. The maximum absolute atomic E-state index is 13.0. The standard InChI is InChI=1S/C22H19N5O4/c1-13-18(20(28)25-16-7-3-5-14(11-16)19-23-9-10-24-19)21(29)27(26-13)17-8-4-6-15(12-17)22(30)31-2/h3-12,18H,1-2H3,(H,23,24)(H,25,28). The van der Waals surface area contributed by atoms with Crippen LogP contribution in [-0.4, -0.2) is 40.6 Å². The van der Waals surface area contributed by atoms with Gasteiger partial charge in [0.15, 0.2) is 5.92 Å². The number of anilines is 2. The predicted octanol–water partition coefficient (Wildman–Crippen LogP) is 2.84. The van der Waals surface area contributed by atoms with Gasteiger partial charge >= 0.3 is 5.97 Å². The van der Waals surface area contributed by atoms with Gasteiger partial charge in [0.05, 0.1) is 24.1 Å². The zero-order valence-corrected chi connectivity index (χ0v) is 16.8. The van der Waals surface area contributed by atoms with Gasteiger partial charge in [0.1, 0.15) is 5.82 Å². The van der Waals surface area contributed by atoms with Gasteiger partial charge in [-0.2, -0.15) is 10.1 Å². The van der Waals surface area contributed by atoms with Gasteiger partial charge in [-0.25, -0.2) is 9.78 Å². The van der Waals surface area contributed by atoms with Crippen molar-refractivity contribution >= 4 is 34.9 Å². The molecule has 1 unspecified atom stereocenters. The molecular weight excluding hydrogens is 398 g/mol. The highest BCUT2D eigenvalue weighted by Crippen LogP contribution is 2.26. The highest BCUT2D eigenvalue weighted by molar-refractivity contribution is 6.28. The van der Waals surface area contributed by atoms with Crippen LogP contribution in [0.3, 0.4) is 0 Å². The first-order chi connectivity index (χ1) is 15.0. The molecule has 1 aliphatic rings. The van der Waals surface area contributed by atoms with Crippen LogP contribution >= 0.6 is 0 Å². The number of rotatable bonds is 5. The average Bonchev–Trinajstić information content (AvgIpc) is 3.41. The Hall–Kier alpha value is -4.27. The number of hydrogen-bond acceptors (Lipinski definition) is 6. The Morgan fingerprint density at radius 3 is 2.71 bits per heavy atom. The van der Waals surface area contributed by atoms with Crippen LogP contribution in [0.25, 0.3) is 11.4 Å². The van der Waals surface area contributed by atoms with E-state index in [1.54, 1.807) is 55.7 Å². The second-order valence-corrected chi connectivity index (χ2v) is 6.87. The summed E-state index contributed by atoms with van der Waals surface area (Å²) in [6.07, 6.45) is 3.35. The molecule has 2 amide bonds. The van der Waals surface area contributed by atoms with Crippen molar-refractivity contribution < 1.29 is 19.1 Å². The number of amides is 2. The van der Waals surface area contributed by atoms with Crippen molar-refractivity contribution in [2.24, 2.45) is 11.0 Å². The van der Waals surface area contributed by atoms with Gasteiger partial charge in [0.25, 0.3) is 5.91 Å². The molecule has 9 nitrogen and oxygen atoms in total. The number of aromatic amines is 1. The molecule has 156 valence electrons. The zero-order chi connectivity index (χ0) is 22.0. The third-order valence-corrected chi connectivity index (χ3v) is 4.81. The molecule has 2 aromatic carbocycles. The molecule has 2 heterocycles. The molecule has 0 spiro atoms. The van der Waals surface area contributed by atoms with Crippen molar-refractivity contribution in [2.45, 2.75) is 6.92 Å². The van der Waals surface area contributed by atoms with Crippen molar-refractivity contribution in [1.82, 2.24) is 9.97 Å². The number of nitrogens with one attached hydrogen (secondary N) is 2. The summed E-state index contributed by atoms with van der Waals surface area (Å²) in [7, 11) is 1.28. The summed E-state index contributed by atoms with van der Waals surface area (Å²) in [6.45, 7) is 1.62. The molecule has 2 N–H and O–H groups in total. The number of methoxy groups -OCH3 is 1. The molecule has 0 aliphatic carbocycles. The SMILES string of the molecule is COC(=O)c1cccc(N2N=C(C)C(C(=O)Nc3cccc(-c4ncc[nH]4)c3)C2=O)c1. The number of aromatic nitrogens is 2. The molecule has 0 radical (unpaired) electrons. The lowest BCUT2D eigenvalue weighted by Crippen LogP contribution is -2.36. The Kier molecular flexibility index (Phi) is 5.31. The van der Waals surface area contributed by atoms with Gasteiger partial charge in [0, 0.05) is 23.6 Å². The second kappa shape index (κ2) is 8.23. The van der Waals surface area contributed by atoms with E-state index < -0.39 is 23.7 Å². The van der Waals surface area contributed by atoms with Gasteiger partial charge < -0.3 is 15.0 Å². The second-order valence-electron chi connectivity index (χ2n) is 6.87. The quantitative estimate of drug-likeness (QED) is 0.489. The number of carbonyl (C=O) groups is 3. The summed E-state index contributed by atoms with van der Waals surface area (Å²) in [4.78, 5) is 44.9. The molecular formula is C22H19N5O4. The Bertz CT molecular complexity index is 1190. The topological polar surface area (TPSA) is 117 Å². The first-order valence-corrected chi connectivity index (χ1v) is 9.46. The van der Waals surface area contributed by atoms with E-state index in [9.17, 15) is 14.4 Å². The monoisotopic (exact) mass is 417 g/mol. The van der Waals surface area contributed by atoms with Gasteiger partial charge in [-0.15, -0.1) is 0 Å². The van der Waals surface area contributed by atoms with Crippen molar-refractivity contribution in [3.05, 3.63) is 66.5 Å². The van der Waals surface area contributed by atoms with Crippen LogP contribution in [0.1, 0.15) is 17.3 Å². The minimum absolute atomic E-state index is 0.281. The van der Waals surface area contributed by atoms with Crippen LogP contribution in [0.15, 0.2) is 66.0 Å². The minimum Gasteiger partial charge on any atom is -0.465 e. The molecule has 0 saturated carbocycles. The fourth-order valence-electron chi connectivity index (χ4n) is 3.32. The van der Waals surface area contributed by atoms with Crippen molar-refractivity contribution in [1.29, 1.82) is 0 Å². The summed E-state index contributed by atoms with van der Waals surface area (Å²) < 4.78 is 4.71. The number of nitrogens with zero attached hydrogens (tertiary/aromatic N) is 3. The largest absolute Gasteiger partial charge is 0.465 e. The summed E-state index contributed by atoms with van der Waals surface area (Å²) in [5.74, 6) is -1.93. The fraction of sp³-hybridized carbons (Fsp3) is 0.136. The first kappa shape index (κ1) is 20.0. The lowest BCUT2D eigenvalue weighted by atomic mass is 10.0. The molecule has 0 bridgehead atoms. The number of esters is 1. The third-order valence-electron chi connectivity index (χ3n) is 4.81. The van der Waals surface area contributed by atoms with Gasteiger partial charge in [-0.3, -0.25) is 9.59 Å². The molecule has 4 rings (SSSR count). The molecule has 9 heteroatoms. The molecule has 1 atom stereocenters. The molecule has 31 heavy (non-hydrogen) atoms. The van der Waals surface area contributed by atoms with Crippen LogP contribution < -0.4 is 10.3 Å². The van der Waals surface area contributed by atoms with Crippen molar-refractivity contribution in [3.8, 4) is 11.4 Å². The van der Waals surface area contributed by atoms with Crippen molar-refractivity contribution in [2.75, 3.05) is 17.4 Å². The van der Waals surface area contributed by atoms with E-state index in [0.717, 1.165) is 10.6 Å². The summed E-state index contributed by atoms with van der Waals surface area (Å²) >= 11 is 0. The Labute approximate surface area is 177 Å². The lowest BCUT2D eigenvalue weighted by Gasteiger charge is -2.15. The zero-order valence-electron chi connectivity index (χ0n) is 16.8. The molecule has 1 aromatic heterocycles. The van der Waals surface area contributed by atoms with E-state index >= 15 is 0 Å². The van der Waals surface area contributed by atoms with Crippen LogP contribution in [0.4, 0.5) is 11.4 Å². The number of imidazole rings is 1. The van der Waals surface area contributed by atoms with Gasteiger partial charge in [-0.05, 0) is 37.3 Å². The maximum Gasteiger partial charge on any atom is 0.337 e. The predicted molar refractivity (Wildman–Crippen MR) is 115 cm³/mol. The number of hydrogen-bond donors (Lipinski definition) is 2. The lowest BCUT2D eigenvalue weighted by molar-refractivity contribution is -0.127. The number of H-pyrrole nitrogens is 1. The van der Waals surface area contributed by atoms with Crippen LogP contribution in [0.2, 0.25) is 0 Å². The van der Waals surface area contributed by atoms with E-state index in [-0.39, 0.29) is 5.56 Å². The number of hydrazone groups is 1. The smallest absolute Gasteiger partial charge is 0.337 e. The van der Waals surface area contributed by atoms with Crippen LogP contribution in [0, 0.1) is 5.92 Å².